The summed E-state index contributed by atoms with van der Waals surface area (Å²) in [7, 11) is 4.14. The van der Waals surface area contributed by atoms with Crippen LogP contribution in [0.1, 0.15) is 52.4 Å². The highest BCUT2D eigenvalue weighted by Gasteiger charge is 2.28. The summed E-state index contributed by atoms with van der Waals surface area (Å²) in [5.41, 5.74) is 0.0998. The van der Waals surface area contributed by atoms with E-state index in [0.717, 1.165) is 64.4 Å². The lowest BCUT2D eigenvalue weighted by Gasteiger charge is -2.41. The van der Waals surface area contributed by atoms with Crippen molar-refractivity contribution in [3.8, 4) is 0 Å². The minimum Gasteiger partial charge on any atom is -0.379 e. The first-order valence-corrected chi connectivity index (χ1v) is 10.5. The number of guanidine groups is 1. The number of morpholine rings is 1. The number of hydrogen-bond donors (Lipinski definition) is 2. The summed E-state index contributed by atoms with van der Waals surface area (Å²) in [5.74, 6) is 0.909. The van der Waals surface area contributed by atoms with Crippen LogP contribution in [-0.2, 0) is 4.74 Å². The number of nitrogens with zero attached hydrogens (tertiary/aromatic N) is 3. The van der Waals surface area contributed by atoms with Crippen LogP contribution in [0.4, 0.5) is 0 Å². The van der Waals surface area contributed by atoms with E-state index >= 15 is 0 Å². The van der Waals surface area contributed by atoms with E-state index in [1.165, 1.54) is 32.1 Å². The van der Waals surface area contributed by atoms with Crippen molar-refractivity contribution in [1.82, 2.24) is 20.4 Å². The molecule has 1 heterocycles. The summed E-state index contributed by atoms with van der Waals surface area (Å²) < 4.78 is 5.47. The van der Waals surface area contributed by atoms with Crippen LogP contribution < -0.4 is 10.6 Å². The fourth-order valence-corrected chi connectivity index (χ4v) is 4.04. The zero-order chi connectivity index (χ0) is 18.8. The molecule has 2 rings (SSSR count). The van der Waals surface area contributed by atoms with Gasteiger partial charge in [0, 0.05) is 44.8 Å². The molecule has 0 aromatic carbocycles. The van der Waals surface area contributed by atoms with Crippen LogP contribution in [-0.4, -0.2) is 87.4 Å². The van der Waals surface area contributed by atoms with Gasteiger partial charge in [0.15, 0.2) is 5.96 Å². The van der Waals surface area contributed by atoms with Crippen molar-refractivity contribution in [1.29, 1.82) is 0 Å². The molecule has 0 unspecified atom stereocenters. The Kier molecular flexibility index (Phi) is 12.2. The Balaban J connectivity index is 0.00000364. The average Bonchev–Trinajstić information content (AvgIpc) is 2.68. The van der Waals surface area contributed by atoms with E-state index in [4.69, 9.17) is 4.74 Å². The lowest BCUT2D eigenvalue weighted by atomic mass is 9.94. The van der Waals surface area contributed by atoms with Crippen molar-refractivity contribution in [2.24, 2.45) is 4.99 Å². The van der Waals surface area contributed by atoms with Crippen LogP contribution >= 0.6 is 24.0 Å². The fraction of sp³-hybridized carbons (Fsp3) is 0.950. The molecule has 0 bridgehead atoms. The third kappa shape index (κ3) is 8.83. The Hall–Kier alpha value is -0.120. The first kappa shape index (κ1) is 24.9. The molecule has 0 amide bonds. The molecule has 0 aromatic rings. The molecule has 1 saturated heterocycles. The third-order valence-corrected chi connectivity index (χ3v) is 5.96. The number of hydrogen-bond acceptors (Lipinski definition) is 4. The summed E-state index contributed by atoms with van der Waals surface area (Å²) in [6, 6.07) is 0.801. The molecule has 0 spiro atoms. The Morgan fingerprint density at radius 2 is 1.81 bits per heavy atom. The van der Waals surface area contributed by atoms with Gasteiger partial charge in [0.1, 0.15) is 0 Å². The summed E-state index contributed by atoms with van der Waals surface area (Å²) in [5, 5.41) is 6.97. The van der Waals surface area contributed by atoms with E-state index in [-0.39, 0.29) is 29.5 Å². The van der Waals surface area contributed by atoms with Gasteiger partial charge in [0.05, 0.1) is 13.2 Å². The minimum atomic E-state index is 0. The Labute approximate surface area is 183 Å². The largest absolute Gasteiger partial charge is 0.379 e. The topological polar surface area (TPSA) is 52.1 Å². The van der Waals surface area contributed by atoms with Crippen molar-refractivity contribution < 1.29 is 4.74 Å². The average molecular weight is 495 g/mol. The zero-order valence-electron chi connectivity index (χ0n) is 17.9. The smallest absolute Gasteiger partial charge is 0.191 e. The number of aliphatic imine (C=N–C) groups is 1. The van der Waals surface area contributed by atoms with Crippen molar-refractivity contribution in [3.63, 3.8) is 0 Å². The molecule has 27 heavy (non-hydrogen) atoms. The molecule has 160 valence electrons. The molecule has 0 aromatic heterocycles. The maximum absolute atomic E-state index is 5.47. The van der Waals surface area contributed by atoms with E-state index in [2.05, 4.69) is 46.3 Å². The van der Waals surface area contributed by atoms with Gasteiger partial charge in [-0.1, -0.05) is 19.3 Å². The van der Waals surface area contributed by atoms with Crippen LogP contribution in [0.2, 0.25) is 0 Å². The van der Waals surface area contributed by atoms with Crippen LogP contribution in [0.15, 0.2) is 4.99 Å². The molecule has 2 fully saturated rings. The van der Waals surface area contributed by atoms with Gasteiger partial charge in [0.2, 0.25) is 0 Å². The molecular weight excluding hydrogens is 453 g/mol. The van der Waals surface area contributed by atoms with Crippen LogP contribution in [0, 0.1) is 0 Å². The second kappa shape index (κ2) is 13.2. The van der Waals surface area contributed by atoms with Crippen molar-refractivity contribution in [2.45, 2.75) is 64.0 Å². The van der Waals surface area contributed by atoms with Gasteiger partial charge >= 0.3 is 0 Å². The Morgan fingerprint density at radius 3 is 2.44 bits per heavy atom. The number of nitrogens with one attached hydrogen (secondary N) is 2. The molecule has 6 nitrogen and oxygen atoms in total. The number of halogens is 1. The van der Waals surface area contributed by atoms with E-state index < -0.39 is 0 Å². The molecular formula is C20H42IN5O. The predicted octanol–water partition coefficient (Wildman–Crippen LogP) is 2.53. The predicted molar refractivity (Wildman–Crippen MR) is 125 cm³/mol. The zero-order valence-corrected chi connectivity index (χ0v) is 20.3. The summed E-state index contributed by atoms with van der Waals surface area (Å²) in [4.78, 5) is 9.43. The molecule has 7 heteroatoms. The van der Waals surface area contributed by atoms with Gasteiger partial charge in [-0.3, -0.25) is 9.89 Å². The van der Waals surface area contributed by atoms with E-state index in [0.29, 0.717) is 0 Å². The molecule has 0 atom stereocenters. The maximum atomic E-state index is 5.47. The van der Waals surface area contributed by atoms with Crippen LogP contribution in [0.25, 0.3) is 0 Å². The van der Waals surface area contributed by atoms with E-state index in [9.17, 15) is 0 Å². The third-order valence-electron chi connectivity index (χ3n) is 5.96. The Morgan fingerprint density at radius 1 is 1.15 bits per heavy atom. The van der Waals surface area contributed by atoms with Crippen LogP contribution in [0.5, 0.6) is 0 Å². The van der Waals surface area contributed by atoms with Gasteiger partial charge < -0.3 is 20.3 Å². The van der Waals surface area contributed by atoms with Gasteiger partial charge in [-0.05, 0) is 46.7 Å². The maximum Gasteiger partial charge on any atom is 0.191 e. The van der Waals surface area contributed by atoms with Crippen molar-refractivity contribution >= 4 is 29.9 Å². The van der Waals surface area contributed by atoms with Gasteiger partial charge in [-0.15, -0.1) is 24.0 Å². The normalized spacial score (nSPS) is 20.4. The lowest BCUT2D eigenvalue weighted by Crippen LogP contribution is -2.56. The first-order chi connectivity index (χ1) is 12.5. The summed E-state index contributed by atoms with van der Waals surface area (Å²) >= 11 is 0. The summed E-state index contributed by atoms with van der Waals surface area (Å²) in [6.07, 6.45) is 8.15. The lowest BCUT2D eigenvalue weighted by molar-refractivity contribution is -0.00834. The van der Waals surface area contributed by atoms with Crippen molar-refractivity contribution in [3.05, 3.63) is 0 Å². The first-order valence-electron chi connectivity index (χ1n) is 10.5. The second-order valence-electron chi connectivity index (χ2n) is 8.39. The standard InChI is InChI=1S/C20H41N5O.HI/c1-20(2,25-13-15-26-16-14-25)17-23-19(21-3)22-11-8-12-24(4)18-9-6-5-7-10-18;/h18H,5-17H2,1-4H3,(H2,21,22,23);1H. The minimum absolute atomic E-state index is 0. The fourth-order valence-electron chi connectivity index (χ4n) is 4.04. The summed E-state index contributed by atoms with van der Waals surface area (Å²) in [6.45, 7) is 11.3. The molecule has 1 saturated carbocycles. The molecule has 1 aliphatic heterocycles. The Bertz CT molecular complexity index is 421. The second-order valence-corrected chi connectivity index (χ2v) is 8.39. The highest BCUT2D eigenvalue weighted by atomic mass is 127. The SMILES string of the molecule is CN=C(NCCCN(C)C1CCCCC1)NCC(C)(C)N1CCOCC1.I. The van der Waals surface area contributed by atoms with Gasteiger partial charge in [-0.2, -0.15) is 0 Å². The molecule has 2 aliphatic rings. The highest BCUT2D eigenvalue weighted by Crippen LogP contribution is 2.21. The van der Waals surface area contributed by atoms with Crippen molar-refractivity contribution in [2.75, 3.05) is 60.0 Å². The number of rotatable bonds is 8. The van der Waals surface area contributed by atoms with Gasteiger partial charge in [-0.25, -0.2) is 0 Å². The number of ether oxygens (including phenoxy) is 1. The monoisotopic (exact) mass is 495 g/mol. The molecule has 1 aliphatic carbocycles. The molecule has 2 N–H and O–H groups in total. The highest BCUT2D eigenvalue weighted by molar-refractivity contribution is 14.0. The van der Waals surface area contributed by atoms with E-state index in [1.807, 2.05) is 7.05 Å². The molecule has 0 radical (unpaired) electrons. The quantitative estimate of drug-likeness (QED) is 0.235. The van der Waals surface area contributed by atoms with E-state index in [1.54, 1.807) is 0 Å². The van der Waals surface area contributed by atoms with Crippen LogP contribution in [0.3, 0.4) is 0 Å². The van der Waals surface area contributed by atoms with Gasteiger partial charge in [0.25, 0.3) is 0 Å².